The predicted molar refractivity (Wildman–Crippen MR) is 95.4 cm³/mol. The molecule has 2 aliphatic rings. The molecule has 140 valence electrons. The van der Waals surface area contributed by atoms with E-state index >= 15 is 0 Å². The van der Waals surface area contributed by atoms with E-state index in [1.807, 2.05) is 6.92 Å². The van der Waals surface area contributed by atoms with Crippen LogP contribution in [0, 0.1) is 12.8 Å². The second-order valence-electron chi connectivity index (χ2n) is 7.06. The van der Waals surface area contributed by atoms with Gasteiger partial charge in [0.25, 0.3) is 0 Å². The van der Waals surface area contributed by atoms with Gasteiger partial charge < -0.3 is 0 Å². The van der Waals surface area contributed by atoms with Crippen molar-refractivity contribution >= 4 is 19.9 Å². The maximum absolute atomic E-state index is 12.2. The molecule has 1 aliphatic carbocycles. The minimum absolute atomic E-state index is 0.0520. The monoisotopic (exact) mass is 387 g/mol. The van der Waals surface area contributed by atoms with Gasteiger partial charge in [0.1, 0.15) is 5.82 Å². The Labute approximate surface area is 149 Å². The molecule has 1 aliphatic heterocycles. The van der Waals surface area contributed by atoms with Crippen LogP contribution in [-0.2, 0) is 39.2 Å². The molecular weight excluding hydrogens is 362 g/mol. The first-order valence-corrected chi connectivity index (χ1v) is 12.2. The highest BCUT2D eigenvalue weighted by molar-refractivity contribution is 7.91. The second-order valence-corrected chi connectivity index (χ2v) is 11.2. The van der Waals surface area contributed by atoms with Crippen LogP contribution in [0.15, 0.2) is 0 Å². The first-order chi connectivity index (χ1) is 11.7. The summed E-state index contributed by atoms with van der Waals surface area (Å²) < 4.78 is 49.8. The number of aryl methyl sites for hydroxylation is 2. The van der Waals surface area contributed by atoms with Crippen molar-refractivity contribution < 1.29 is 16.8 Å². The molecule has 1 unspecified atom stereocenters. The Bertz CT molecular complexity index is 850. The van der Waals surface area contributed by atoms with Crippen molar-refractivity contribution in [1.29, 1.82) is 0 Å². The summed E-state index contributed by atoms with van der Waals surface area (Å²) in [5.41, 5.74) is 3.19. The van der Waals surface area contributed by atoms with Gasteiger partial charge in [0, 0.05) is 11.4 Å². The van der Waals surface area contributed by atoms with E-state index in [0.717, 1.165) is 37.1 Å². The lowest BCUT2D eigenvalue weighted by Gasteiger charge is -2.17. The first-order valence-electron chi connectivity index (χ1n) is 8.77. The molecule has 7 nitrogen and oxygen atoms in total. The maximum Gasteiger partial charge on any atom is 0.212 e. The summed E-state index contributed by atoms with van der Waals surface area (Å²) in [7, 11) is -6.43. The normalized spacial score (nSPS) is 22.7. The van der Waals surface area contributed by atoms with Crippen molar-refractivity contribution in [3.8, 4) is 0 Å². The summed E-state index contributed by atoms with van der Waals surface area (Å²) >= 11 is 0. The van der Waals surface area contributed by atoms with E-state index in [9.17, 15) is 16.8 Å². The summed E-state index contributed by atoms with van der Waals surface area (Å²) in [5.74, 6) is 0.675. The van der Waals surface area contributed by atoms with E-state index < -0.39 is 19.9 Å². The molecule has 1 saturated heterocycles. The number of sulfonamides is 1. The van der Waals surface area contributed by atoms with E-state index in [1.165, 1.54) is 5.56 Å². The Kier molecular flexibility index (Phi) is 5.45. The van der Waals surface area contributed by atoms with Crippen LogP contribution < -0.4 is 4.72 Å². The topological polar surface area (TPSA) is 106 Å². The zero-order valence-electron chi connectivity index (χ0n) is 14.5. The average Bonchev–Trinajstić information content (AvgIpc) is 2.91. The van der Waals surface area contributed by atoms with Crippen LogP contribution in [0.25, 0.3) is 0 Å². The molecule has 3 rings (SSSR count). The van der Waals surface area contributed by atoms with Gasteiger partial charge in [-0.05, 0) is 56.9 Å². The van der Waals surface area contributed by atoms with Crippen LogP contribution in [-0.4, -0.2) is 44.1 Å². The summed E-state index contributed by atoms with van der Waals surface area (Å²) in [6, 6.07) is 0. The van der Waals surface area contributed by atoms with Crippen molar-refractivity contribution in [1.82, 2.24) is 14.7 Å². The summed E-state index contributed by atoms with van der Waals surface area (Å²) in [6.07, 6.45) is 5.12. The minimum Gasteiger partial charge on any atom is -0.237 e. The van der Waals surface area contributed by atoms with E-state index in [4.69, 9.17) is 0 Å². The second kappa shape index (κ2) is 7.28. The number of nitrogens with zero attached hydrogens (tertiary/aromatic N) is 2. The van der Waals surface area contributed by atoms with Gasteiger partial charge in [0.15, 0.2) is 9.84 Å². The van der Waals surface area contributed by atoms with Crippen LogP contribution in [0.2, 0.25) is 0 Å². The van der Waals surface area contributed by atoms with E-state index in [0.29, 0.717) is 18.7 Å². The van der Waals surface area contributed by atoms with Gasteiger partial charge in [-0.3, -0.25) is 0 Å². The highest BCUT2D eigenvalue weighted by atomic mass is 32.2. The van der Waals surface area contributed by atoms with Gasteiger partial charge in [0.05, 0.1) is 23.8 Å². The van der Waals surface area contributed by atoms with Crippen molar-refractivity contribution in [2.75, 3.05) is 17.3 Å². The molecule has 1 N–H and O–H groups in total. The molecule has 0 saturated carbocycles. The number of hydrogen-bond acceptors (Lipinski definition) is 6. The maximum atomic E-state index is 12.2. The van der Waals surface area contributed by atoms with Gasteiger partial charge in [-0.2, -0.15) is 0 Å². The number of hydrogen-bond donors (Lipinski definition) is 1. The van der Waals surface area contributed by atoms with Crippen LogP contribution in [0.4, 0.5) is 0 Å². The molecule has 9 heteroatoms. The standard InChI is InChI=1S/C16H25N3O4S2/c1-12-14-4-2-3-5-15(14)19-16(18-12)10-17-25(22,23)9-7-13-6-8-24(20,21)11-13/h13,17H,2-11H2,1H3. The lowest BCUT2D eigenvalue weighted by Crippen LogP contribution is -2.28. The van der Waals surface area contributed by atoms with Gasteiger partial charge >= 0.3 is 0 Å². The van der Waals surface area contributed by atoms with E-state index in [1.54, 1.807) is 0 Å². The molecular formula is C16H25N3O4S2. The third-order valence-corrected chi connectivity index (χ3v) is 8.20. The SMILES string of the molecule is Cc1nc(CNS(=O)(=O)CCC2CCS(=O)(=O)C2)nc2c1CCCC2. The fraction of sp³-hybridized carbons (Fsp3) is 0.750. The minimum atomic E-state index is -3.46. The Hall–Kier alpha value is -1.06. The predicted octanol–water partition coefficient (Wildman–Crippen LogP) is 0.908. The fourth-order valence-corrected chi connectivity index (χ4v) is 6.64. The average molecular weight is 388 g/mol. The molecule has 1 aromatic heterocycles. The molecule has 0 radical (unpaired) electrons. The molecule has 1 aromatic rings. The number of sulfone groups is 1. The molecule has 0 spiro atoms. The van der Waals surface area contributed by atoms with Crippen molar-refractivity contribution in [3.63, 3.8) is 0 Å². The zero-order chi connectivity index (χ0) is 18.1. The van der Waals surface area contributed by atoms with Gasteiger partial charge in [-0.25, -0.2) is 31.5 Å². The van der Waals surface area contributed by atoms with Gasteiger partial charge in [0.2, 0.25) is 10.0 Å². The number of nitrogens with one attached hydrogen (secondary N) is 1. The van der Waals surface area contributed by atoms with Crippen LogP contribution in [0.3, 0.4) is 0 Å². The lowest BCUT2D eigenvalue weighted by molar-refractivity contribution is 0.542. The third-order valence-electron chi connectivity index (χ3n) is 5.01. The number of aromatic nitrogens is 2. The Morgan fingerprint density at radius 3 is 2.68 bits per heavy atom. The summed E-state index contributed by atoms with van der Waals surface area (Å²) in [4.78, 5) is 8.95. The molecule has 0 aromatic carbocycles. The quantitative estimate of drug-likeness (QED) is 0.778. The van der Waals surface area contributed by atoms with Crippen LogP contribution in [0.5, 0.6) is 0 Å². The molecule has 0 amide bonds. The van der Waals surface area contributed by atoms with Crippen molar-refractivity contribution in [3.05, 3.63) is 22.8 Å². The Morgan fingerprint density at radius 1 is 1.20 bits per heavy atom. The smallest absolute Gasteiger partial charge is 0.212 e. The molecule has 25 heavy (non-hydrogen) atoms. The third kappa shape index (κ3) is 4.98. The summed E-state index contributed by atoms with van der Waals surface area (Å²) in [6.45, 7) is 2.03. The molecule has 0 bridgehead atoms. The highest BCUT2D eigenvalue weighted by Gasteiger charge is 2.28. The summed E-state index contributed by atoms with van der Waals surface area (Å²) in [5, 5.41) is 0. The van der Waals surface area contributed by atoms with Crippen LogP contribution >= 0.6 is 0 Å². The molecule has 1 fully saturated rings. The highest BCUT2D eigenvalue weighted by Crippen LogP contribution is 2.23. The van der Waals surface area contributed by atoms with Crippen molar-refractivity contribution in [2.45, 2.75) is 52.0 Å². The molecule has 2 heterocycles. The first kappa shape index (κ1) is 18.7. The van der Waals surface area contributed by atoms with Gasteiger partial charge in [-0.15, -0.1) is 0 Å². The van der Waals surface area contributed by atoms with Crippen LogP contribution in [0.1, 0.15) is 48.5 Å². The largest absolute Gasteiger partial charge is 0.237 e. The van der Waals surface area contributed by atoms with Crippen molar-refractivity contribution in [2.24, 2.45) is 5.92 Å². The van der Waals surface area contributed by atoms with E-state index in [2.05, 4.69) is 14.7 Å². The molecule has 1 atom stereocenters. The Balaban J connectivity index is 1.56. The fourth-order valence-electron chi connectivity index (χ4n) is 3.59. The number of rotatable bonds is 6. The lowest BCUT2D eigenvalue weighted by atomic mass is 9.95. The van der Waals surface area contributed by atoms with E-state index in [-0.39, 0.29) is 29.7 Å². The Morgan fingerprint density at radius 2 is 1.96 bits per heavy atom. The van der Waals surface area contributed by atoms with Gasteiger partial charge in [-0.1, -0.05) is 0 Å². The number of fused-ring (bicyclic) bond motifs is 1. The zero-order valence-corrected chi connectivity index (χ0v) is 16.1.